The van der Waals surface area contributed by atoms with Gasteiger partial charge in [-0.25, -0.2) is 4.68 Å². The summed E-state index contributed by atoms with van der Waals surface area (Å²) in [6.07, 6.45) is -1.18. The molecule has 0 spiro atoms. The lowest BCUT2D eigenvalue weighted by Gasteiger charge is -2.27. The van der Waals surface area contributed by atoms with E-state index in [0.29, 0.717) is 22.7 Å². The second kappa shape index (κ2) is 9.26. The Kier molecular flexibility index (Phi) is 6.89. The monoisotopic (exact) mass is 482 g/mol. The van der Waals surface area contributed by atoms with Crippen molar-refractivity contribution in [2.75, 3.05) is 12.4 Å². The molecule has 3 aromatic rings. The number of anilines is 1. The second-order valence-corrected chi connectivity index (χ2v) is 9.13. The number of nitrogens with zero attached hydrogens (tertiary/aromatic N) is 2. The average Bonchev–Trinajstić information content (AvgIpc) is 2.96. The minimum Gasteiger partial charge on any atom is -0.497 e. The van der Waals surface area contributed by atoms with E-state index >= 15 is 0 Å². The van der Waals surface area contributed by atoms with Crippen LogP contribution in [0.3, 0.4) is 0 Å². The summed E-state index contributed by atoms with van der Waals surface area (Å²) in [6.45, 7) is 1.75. The van der Waals surface area contributed by atoms with Crippen molar-refractivity contribution in [3.63, 3.8) is 0 Å². The van der Waals surface area contributed by atoms with E-state index in [1.165, 1.54) is 11.8 Å². The molecule has 1 aromatic heterocycles. The molecule has 0 aliphatic rings. The van der Waals surface area contributed by atoms with Crippen molar-refractivity contribution in [1.82, 2.24) is 14.7 Å². The summed E-state index contributed by atoms with van der Waals surface area (Å²) in [5.41, 5.74) is 1.49. The number of halogens is 3. The topological polar surface area (TPSA) is 77.3 Å². The number of carbonyl (C=O) groups is 1. The lowest BCUT2D eigenvalue weighted by atomic mass is 10.2. The van der Waals surface area contributed by atoms with E-state index in [-0.39, 0.29) is 11.2 Å². The number of amides is 1. The molecule has 0 bridgehead atoms. The Labute approximate surface area is 194 Å². The van der Waals surface area contributed by atoms with E-state index in [4.69, 9.17) is 39.5 Å². The summed E-state index contributed by atoms with van der Waals surface area (Å²) in [6, 6.07) is 15.6. The lowest BCUT2D eigenvalue weighted by Crippen LogP contribution is -2.49. The zero-order chi connectivity index (χ0) is 22.8. The van der Waals surface area contributed by atoms with Crippen molar-refractivity contribution in [2.24, 2.45) is 7.05 Å². The van der Waals surface area contributed by atoms with Gasteiger partial charge in [0.05, 0.1) is 18.5 Å². The summed E-state index contributed by atoms with van der Waals surface area (Å²) in [7, 11) is 3.28. The number of rotatable bonds is 6. The molecule has 1 amide bonds. The van der Waals surface area contributed by atoms with E-state index < -0.39 is 15.9 Å². The van der Waals surface area contributed by atoms with Gasteiger partial charge in [-0.05, 0) is 43.3 Å². The predicted molar refractivity (Wildman–Crippen MR) is 124 cm³/mol. The van der Waals surface area contributed by atoms with Crippen molar-refractivity contribution < 1.29 is 9.53 Å². The number of methoxy groups -OCH3 is 1. The third-order valence-corrected chi connectivity index (χ3v) is 5.45. The number of carbonyl (C=O) groups excluding carboxylic acids is 1. The zero-order valence-corrected chi connectivity index (χ0v) is 19.3. The molecule has 0 aliphatic carbocycles. The number of nitrogens with one attached hydrogen (secondary N) is 2. The molecule has 31 heavy (non-hydrogen) atoms. The van der Waals surface area contributed by atoms with Gasteiger partial charge in [-0.1, -0.05) is 53.0 Å². The maximum atomic E-state index is 13.1. The first-order valence-corrected chi connectivity index (χ1v) is 10.4. The van der Waals surface area contributed by atoms with Crippen molar-refractivity contribution in [3.8, 4) is 11.4 Å². The molecular weight excluding hydrogens is 463 g/mol. The molecule has 164 valence electrons. The first-order chi connectivity index (χ1) is 14.6. The van der Waals surface area contributed by atoms with Gasteiger partial charge in [0.2, 0.25) is 3.79 Å². The van der Waals surface area contributed by atoms with Gasteiger partial charge in [0.25, 0.3) is 11.5 Å². The van der Waals surface area contributed by atoms with Crippen LogP contribution >= 0.6 is 34.8 Å². The van der Waals surface area contributed by atoms with Crippen molar-refractivity contribution in [3.05, 3.63) is 76.2 Å². The van der Waals surface area contributed by atoms with Gasteiger partial charge in [0, 0.05) is 12.6 Å². The SMILES string of the molecule is COc1ccc(C(=O)NC(Nc2c(C)n(C)n(-c3ccccc3)c2=O)C(Cl)(Cl)Cl)cc1. The van der Waals surface area contributed by atoms with Gasteiger partial charge in [-0.15, -0.1) is 0 Å². The fourth-order valence-corrected chi connectivity index (χ4v) is 3.36. The van der Waals surface area contributed by atoms with Crippen molar-refractivity contribution >= 4 is 46.4 Å². The normalized spacial score (nSPS) is 12.3. The predicted octanol–water partition coefficient (Wildman–Crippen LogP) is 4.03. The molecule has 0 saturated carbocycles. The zero-order valence-electron chi connectivity index (χ0n) is 17.0. The third kappa shape index (κ3) is 5.01. The molecule has 2 N–H and O–H groups in total. The van der Waals surface area contributed by atoms with E-state index in [1.54, 1.807) is 42.9 Å². The Morgan fingerprint density at radius 1 is 1.06 bits per heavy atom. The third-order valence-electron chi connectivity index (χ3n) is 4.80. The largest absolute Gasteiger partial charge is 0.497 e. The molecule has 7 nitrogen and oxygen atoms in total. The van der Waals surface area contributed by atoms with E-state index in [9.17, 15) is 9.59 Å². The minimum absolute atomic E-state index is 0.206. The van der Waals surface area contributed by atoms with Crippen LogP contribution in [-0.2, 0) is 7.05 Å². The molecule has 3 rings (SSSR count). The van der Waals surface area contributed by atoms with Gasteiger partial charge >= 0.3 is 0 Å². The van der Waals surface area contributed by atoms with Gasteiger partial charge in [0.15, 0.2) is 0 Å². The number of alkyl halides is 3. The Bertz CT molecular complexity index is 1120. The van der Waals surface area contributed by atoms with E-state index in [1.807, 2.05) is 30.3 Å². The molecule has 0 saturated heterocycles. The standard InChI is InChI=1S/C21H21Cl3N4O3/c1-13-17(19(30)28(27(13)2)15-7-5-4-6-8-15)25-20(21(22,23)24)26-18(29)14-9-11-16(31-3)12-10-14/h4-12,20,25H,1-3H3,(H,26,29). The molecular formula is C21H21Cl3N4O3. The highest BCUT2D eigenvalue weighted by Crippen LogP contribution is 2.31. The smallest absolute Gasteiger partial charge is 0.295 e. The molecule has 0 aliphatic heterocycles. The average molecular weight is 484 g/mol. The molecule has 1 heterocycles. The Hall–Kier alpha value is -2.61. The van der Waals surface area contributed by atoms with Gasteiger partial charge in [0.1, 0.15) is 17.6 Å². The minimum atomic E-state index is -1.94. The highest BCUT2D eigenvalue weighted by molar-refractivity contribution is 6.68. The summed E-state index contributed by atoms with van der Waals surface area (Å²) >= 11 is 18.3. The fraction of sp³-hybridized carbons (Fsp3) is 0.238. The quantitative estimate of drug-likeness (QED) is 0.410. The van der Waals surface area contributed by atoms with E-state index in [2.05, 4.69) is 10.6 Å². The number of ether oxygens (including phenoxy) is 1. The number of aromatic nitrogens is 2. The summed E-state index contributed by atoms with van der Waals surface area (Å²) < 4.78 is 6.32. The van der Waals surface area contributed by atoms with Crippen LogP contribution in [0.1, 0.15) is 16.1 Å². The van der Waals surface area contributed by atoms with Crippen molar-refractivity contribution in [1.29, 1.82) is 0 Å². The molecule has 1 unspecified atom stereocenters. The first-order valence-electron chi connectivity index (χ1n) is 9.25. The molecule has 2 aromatic carbocycles. The molecule has 10 heteroatoms. The van der Waals surface area contributed by atoms with Crippen LogP contribution in [0.25, 0.3) is 5.69 Å². The van der Waals surface area contributed by atoms with Crippen LogP contribution in [0.15, 0.2) is 59.4 Å². The van der Waals surface area contributed by atoms with Crippen LogP contribution in [0.5, 0.6) is 5.75 Å². The first kappa shape index (κ1) is 23.1. The number of hydrogen-bond donors (Lipinski definition) is 2. The van der Waals surface area contributed by atoms with Crippen LogP contribution in [0, 0.1) is 6.92 Å². The van der Waals surface area contributed by atoms with Gasteiger partial charge < -0.3 is 15.4 Å². The Balaban J connectivity index is 1.91. The highest BCUT2D eigenvalue weighted by atomic mass is 35.6. The number of hydrogen-bond acceptors (Lipinski definition) is 4. The highest BCUT2D eigenvalue weighted by Gasteiger charge is 2.36. The Morgan fingerprint density at radius 3 is 2.23 bits per heavy atom. The number of benzene rings is 2. The summed E-state index contributed by atoms with van der Waals surface area (Å²) in [5, 5.41) is 5.54. The van der Waals surface area contributed by atoms with Crippen LogP contribution in [0.4, 0.5) is 5.69 Å². The molecule has 0 radical (unpaired) electrons. The van der Waals surface area contributed by atoms with Crippen LogP contribution in [0.2, 0.25) is 0 Å². The fourth-order valence-electron chi connectivity index (χ4n) is 3.04. The second-order valence-electron chi connectivity index (χ2n) is 6.76. The molecule has 1 atom stereocenters. The van der Waals surface area contributed by atoms with Crippen LogP contribution < -0.4 is 20.9 Å². The maximum Gasteiger partial charge on any atom is 0.295 e. The lowest BCUT2D eigenvalue weighted by molar-refractivity contribution is 0.0941. The number of para-hydroxylation sites is 1. The Morgan fingerprint density at radius 2 is 1.68 bits per heavy atom. The van der Waals surface area contributed by atoms with Gasteiger partial charge in [-0.2, -0.15) is 0 Å². The molecule has 0 fully saturated rings. The van der Waals surface area contributed by atoms with Crippen LogP contribution in [-0.4, -0.2) is 32.3 Å². The summed E-state index contributed by atoms with van der Waals surface area (Å²) in [4.78, 5) is 25.8. The van der Waals surface area contributed by atoms with E-state index in [0.717, 1.165) is 0 Å². The summed E-state index contributed by atoms with van der Waals surface area (Å²) in [5.74, 6) is 0.123. The maximum absolute atomic E-state index is 13.1. The van der Waals surface area contributed by atoms with Gasteiger partial charge in [-0.3, -0.25) is 14.3 Å². The van der Waals surface area contributed by atoms with Crippen molar-refractivity contribution in [2.45, 2.75) is 16.9 Å².